The number of amides is 1. The number of likely N-dealkylation sites (tertiary alicyclic amines) is 1. The van der Waals surface area contributed by atoms with Crippen molar-refractivity contribution in [2.45, 2.75) is 53.6 Å². The fraction of sp³-hybridized carbons (Fsp3) is 0.882. The molecule has 1 rings (SSSR count). The lowest BCUT2D eigenvalue weighted by atomic mass is 9.96. The first kappa shape index (κ1) is 23.4. The Hall–Kier alpha value is -0.570. The third kappa shape index (κ3) is 8.50. The lowest BCUT2D eigenvalue weighted by Crippen LogP contribution is -2.47. The maximum Gasteiger partial charge on any atom is 0.225 e. The van der Waals surface area contributed by atoms with Crippen molar-refractivity contribution in [3.8, 4) is 0 Å². The van der Waals surface area contributed by atoms with Crippen LogP contribution in [0.25, 0.3) is 0 Å². The summed E-state index contributed by atoms with van der Waals surface area (Å²) in [6.45, 7) is 14.6. The molecule has 0 bridgehead atoms. The van der Waals surface area contributed by atoms with Gasteiger partial charge >= 0.3 is 0 Å². The van der Waals surface area contributed by atoms with Crippen molar-refractivity contribution in [2.75, 3.05) is 39.3 Å². The molecule has 6 nitrogen and oxygen atoms in total. The standard InChI is InChI=1S/C17H34N4O2.HI/c1-6-18-16(20-11-10-19-15(22)17(3,4)5)21-12-8-14(9-13-21)23-7-2;/h14H,6-13H2,1-5H3,(H,18,20)(H,19,22);1H. The van der Waals surface area contributed by atoms with Crippen molar-refractivity contribution in [1.82, 2.24) is 15.5 Å². The van der Waals surface area contributed by atoms with Gasteiger partial charge in [-0.1, -0.05) is 20.8 Å². The van der Waals surface area contributed by atoms with Gasteiger partial charge in [-0.15, -0.1) is 24.0 Å². The van der Waals surface area contributed by atoms with Crippen LogP contribution >= 0.6 is 24.0 Å². The number of guanidine groups is 1. The molecule has 0 aromatic heterocycles. The van der Waals surface area contributed by atoms with Gasteiger partial charge in [-0.2, -0.15) is 0 Å². The second kappa shape index (κ2) is 11.9. The van der Waals surface area contributed by atoms with E-state index in [0.717, 1.165) is 45.0 Å². The van der Waals surface area contributed by atoms with Gasteiger partial charge in [0, 0.05) is 38.2 Å². The Morgan fingerprint density at radius 2 is 1.83 bits per heavy atom. The third-order valence-corrected chi connectivity index (χ3v) is 3.82. The highest BCUT2D eigenvalue weighted by molar-refractivity contribution is 14.0. The predicted octanol–water partition coefficient (Wildman–Crippen LogP) is 2.23. The number of hydrogen-bond donors (Lipinski definition) is 2. The number of aliphatic imine (C=N–C) groups is 1. The zero-order valence-electron chi connectivity index (χ0n) is 15.9. The van der Waals surface area contributed by atoms with Crippen LogP contribution in [-0.2, 0) is 9.53 Å². The van der Waals surface area contributed by atoms with Gasteiger partial charge in [-0.3, -0.25) is 9.79 Å². The molecule has 0 aliphatic carbocycles. The lowest BCUT2D eigenvalue weighted by molar-refractivity contribution is -0.128. The van der Waals surface area contributed by atoms with E-state index in [9.17, 15) is 4.79 Å². The van der Waals surface area contributed by atoms with Crippen molar-refractivity contribution in [2.24, 2.45) is 10.4 Å². The van der Waals surface area contributed by atoms with E-state index < -0.39 is 0 Å². The number of nitrogens with zero attached hydrogens (tertiary/aromatic N) is 2. The molecule has 1 saturated heterocycles. The molecule has 0 unspecified atom stereocenters. The molecule has 1 heterocycles. The molecule has 0 aromatic rings. The maximum atomic E-state index is 11.8. The molecule has 1 amide bonds. The van der Waals surface area contributed by atoms with Crippen molar-refractivity contribution in [3.63, 3.8) is 0 Å². The smallest absolute Gasteiger partial charge is 0.225 e. The molecule has 0 aromatic carbocycles. The number of rotatable bonds is 6. The van der Waals surface area contributed by atoms with Crippen LogP contribution in [0.2, 0.25) is 0 Å². The van der Waals surface area contributed by atoms with E-state index in [2.05, 4.69) is 27.4 Å². The number of nitrogens with one attached hydrogen (secondary N) is 2. The second-order valence-corrected chi connectivity index (χ2v) is 6.88. The topological polar surface area (TPSA) is 66.0 Å². The summed E-state index contributed by atoms with van der Waals surface area (Å²) in [5.41, 5.74) is -0.352. The van der Waals surface area contributed by atoms with E-state index in [0.29, 0.717) is 19.2 Å². The second-order valence-electron chi connectivity index (χ2n) is 6.88. The van der Waals surface area contributed by atoms with Crippen LogP contribution < -0.4 is 10.6 Å². The minimum atomic E-state index is -0.352. The Labute approximate surface area is 164 Å². The number of halogens is 1. The Morgan fingerprint density at radius 1 is 1.21 bits per heavy atom. The molecule has 1 aliphatic heterocycles. The maximum absolute atomic E-state index is 11.8. The molecule has 0 radical (unpaired) electrons. The first-order chi connectivity index (χ1) is 10.9. The van der Waals surface area contributed by atoms with Crippen LogP contribution in [0.1, 0.15) is 47.5 Å². The number of carbonyl (C=O) groups excluding carboxylic acids is 1. The van der Waals surface area contributed by atoms with Crippen molar-refractivity contribution in [3.05, 3.63) is 0 Å². The first-order valence-electron chi connectivity index (χ1n) is 8.81. The van der Waals surface area contributed by atoms with E-state index in [1.54, 1.807) is 0 Å². The molecule has 1 aliphatic rings. The van der Waals surface area contributed by atoms with Crippen molar-refractivity contribution < 1.29 is 9.53 Å². The highest BCUT2D eigenvalue weighted by Gasteiger charge is 2.22. The Balaban J connectivity index is 0.00000529. The third-order valence-electron chi connectivity index (χ3n) is 3.82. The zero-order valence-corrected chi connectivity index (χ0v) is 18.2. The SMILES string of the molecule is CCNC(=NCCNC(=O)C(C)(C)C)N1CCC(OCC)CC1.I. The number of carbonyl (C=O) groups is 1. The van der Waals surface area contributed by atoms with E-state index in [1.807, 2.05) is 27.7 Å². The van der Waals surface area contributed by atoms with Crippen LogP contribution in [0, 0.1) is 5.41 Å². The lowest BCUT2D eigenvalue weighted by Gasteiger charge is -2.34. The summed E-state index contributed by atoms with van der Waals surface area (Å²) in [6.07, 6.45) is 2.46. The van der Waals surface area contributed by atoms with Gasteiger partial charge in [0.2, 0.25) is 5.91 Å². The van der Waals surface area contributed by atoms with Crippen LogP contribution in [0.15, 0.2) is 4.99 Å². The van der Waals surface area contributed by atoms with Crippen LogP contribution in [0.3, 0.4) is 0 Å². The largest absolute Gasteiger partial charge is 0.378 e. The molecular formula is C17H35IN4O2. The average molecular weight is 454 g/mol. The van der Waals surface area contributed by atoms with Crippen LogP contribution in [0.4, 0.5) is 0 Å². The predicted molar refractivity (Wildman–Crippen MR) is 110 cm³/mol. The fourth-order valence-corrected chi connectivity index (χ4v) is 2.49. The van der Waals surface area contributed by atoms with E-state index in [1.165, 1.54) is 0 Å². The normalized spacial score (nSPS) is 16.5. The summed E-state index contributed by atoms with van der Waals surface area (Å²) >= 11 is 0. The summed E-state index contributed by atoms with van der Waals surface area (Å²) in [5, 5.41) is 6.27. The molecule has 24 heavy (non-hydrogen) atoms. The van der Waals surface area contributed by atoms with Gasteiger partial charge in [0.15, 0.2) is 5.96 Å². The number of hydrogen-bond acceptors (Lipinski definition) is 3. The highest BCUT2D eigenvalue weighted by Crippen LogP contribution is 2.14. The highest BCUT2D eigenvalue weighted by atomic mass is 127. The minimum absolute atomic E-state index is 0. The zero-order chi connectivity index (χ0) is 17.3. The van der Waals surface area contributed by atoms with Gasteiger partial charge in [0.25, 0.3) is 0 Å². The van der Waals surface area contributed by atoms with Crippen molar-refractivity contribution in [1.29, 1.82) is 0 Å². The monoisotopic (exact) mass is 454 g/mol. The average Bonchev–Trinajstić information content (AvgIpc) is 2.50. The summed E-state index contributed by atoms with van der Waals surface area (Å²) in [7, 11) is 0. The minimum Gasteiger partial charge on any atom is -0.378 e. The number of ether oxygens (including phenoxy) is 1. The molecule has 0 spiro atoms. The van der Waals surface area contributed by atoms with E-state index in [-0.39, 0.29) is 35.3 Å². The summed E-state index contributed by atoms with van der Waals surface area (Å²) in [4.78, 5) is 18.8. The van der Waals surface area contributed by atoms with E-state index in [4.69, 9.17) is 4.74 Å². The van der Waals surface area contributed by atoms with Crippen LogP contribution in [0.5, 0.6) is 0 Å². The Morgan fingerprint density at radius 3 is 2.33 bits per heavy atom. The summed E-state index contributed by atoms with van der Waals surface area (Å²) in [6, 6.07) is 0. The van der Waals surface area contributed by atoms with Gasteiger partial charge < -0.3 is 20.3 Å². The molecular weight excluding hydrogens is 419 g/mol. The van der Waals surface area contributed by atoms with E-state index >= 15 is 0 Å². The molecule has 7 heteroatoms. The Bertz CT molecular complexity index is 389. The van der Waals surface area contributed by atoms with Gasteiger partial charge in [0.1, 0.15) is 0 Å². The molecule has 0 saturated carbocycles. The van der Waals surface area contributed by atoms with Gasteiger partial charge in [-0.05, 0) is 26.7 Å². The van der Waals surface area contributed by atoms with Gasteiger partial charge in [0.05, 0.1) is 12.6 Å². The number of piperidine rings is 1. The molecule has 2 N–H and O–H groups in total. The quantitative estimate of drug-likeness (QED) is 0.280. The van der Waals surface area contributed by atoms with Crippen molar-refractivity contribution >= 4 is 35.8 Å². The molecule has 142 valence electrons. The van der Waals surface area contributed by atoms with Gasteiger partial charge in [-0.25, -0.2) is 0 Å². The fourth-order valence-electron chi connectivity index (χ4n) is 2.49. The molecule has 0 atom stereocenters. The van der Waals surface area contributed by atoms with Crippen LogP contribution in [-0.4, -0.2) is 62.2 Å². The Kier molecular flexibility index (Phi) is 11.6. The first-order valence-corrected chi connectivity index (χ1v) is 8.81. The molecule has 1 fully saturated rings. The summed E-state index contributed by atoms with van der Waals surface area (Å²) < 4.78 is 5.69. The summed E-state index contributed by atoms with van der Waals surface area (Å²) in [5.74, 6) is 1.00.